The summed E-state index contributed by atoms with van der Waals surface area (Å²) in [5.41, 5.74) is 0.893. The molecule has 1 fully saturated rings. The van der Waals surface area contributed by atoms with Gasteiger partial charge >= 0.3 is 0 Å². The first kappa shape index (κ1) is 13.6. The molecule has 0 amide bonds. The van der Waals surface area contributed by atoms with E-state index in [1.165, 1.54) is 25.9 Å². The molecule has 0 radical (unpaired) electrons. The predicted molar refractivity (Wildman–Crippen MR) is 75.1 cm³/mol. The normalized spacial score (nSPS) is 17.9. The van der Waals surface area contributed by atoms with Crippen LogP contribution in [0.25, 0.3) is 0 Å². The van der Waals surface area contributed by atoms with Gasteiger partial charge in [-0.25, -0.2) is 9.97 Å². The van der Waals surface area contributed by atoms with Crippen molar-refractivity contribution in [3.63, 3.8) is 0 Å². The Bertz CT molecular complexity index is 370. The number of rotatable bonds is 5. The minimum atomic E-state index is 0.310. The highest BCUT2D eigenvalue weighted by atomic mass is 35.5. The number of hydrogen-bond acceptors (Lipinski definition) is 4. The third-order valence-corrected chi connectivity index (χ3v) is 3.40. The summed E-state index contributed by atoms with van der Waals surface area (Å²) in [6.45, 7) is 8.77. The molecule has 0 bridgehead atoms. The largest absolute Gasteiger partial charge is 0.370 e. The molecule has 0 spiro atoms. The lowest BCUT2D eigenvalue weighted by molar-refractivity contribution is 0.294. The molecule has 18 heavy (non-hydrogen) atoms. The molecule has 0 aliphatic carbocycles. The van der Waals surface area contributed by atoms with Crippen LogP contribution in [0, 0.1) is 12.8 Å². The van der Waals surface area contributed by atoms with Gasteiger partial charge < -0.3 is 10.2 Å². The number of aromatic nitrogens is 2. The van der Waals surface area contributed by atoms with E-state index in [9.17, 15) is 0 Å². The Kier molecular flexibility index (Phi) is 4.78. The smallest absolute Gasteiger partial charge is 0.224 e. The molecular weight excluding hydrogens is 248 g/mol. The average molecular weight is 269 g/mol. The lowest BCUT2D eigenvalue weighted by atomic mass is 10.1. The molecule has 5 heteroatoms. The second-order valence-corrected chi connectivity index (χ2v) is 5.50. The molecule has 4 nitrogen and oxygen atoms in total. The quantitative estimate of drug-likeness (QED) is 0.834. The van der Waals surface area contributed by atoms with Crippen LogP contribution in [-0.2, 0) is 0 Å². The standard InChI is InChI=1S/C13H21ClN4/c1-10(9-18-5-3-4-6-18)8-15-12-7-11(2)16-13(14)17-12/h7,10H,3-6,8-9H2,1-2H3,(H,15,16,17). The van der Waals surface area contributed by atoms with Crippen molar-refractivity contribution in [3.8, 4) is 0 Å². The van der Waals surface area contributed by atoms with Gasteiger partial charge in [0.05, 0.1) is 0 Å². The fraction of sp³-hybridized carbons (Fsp3) is 0.692. The maximum absolute atomic E-state index is 5.83. The number of hydrogen-bond donors (Lipinski definition) is 1. The first-order valence-electron chi connectivity index (χ1n) is 6.61. The Morgan fingerprint density at radius 2 is 2.11 bits per heavy atom. The zero-order valence-corrected chi connectivity index (χ0v) is 11.9. The van der Waals surface area contributed by atoms with E-state index in [4.69, 9.17) is 11.6 Å². The van der Waals surface area contributed by atoms with Crippen LogP contribution in [0.3, 0.4) is 0 Å². The molecule has 0 saturated carbocycles. The van der Waals surface area contributed by atoms with Crippen LogP contribution in [0.5, 0.6) is 0 Å². The van der Waals surface area contributed by atoms with Gasteiger partial charge in [-0.05, 0) is 50.4 Å². The van der Waals surface area contributed by atoms with E-state index in [1.807, 2.05) is 13.0 Å². The van der Waals surface area contributed by atoms with E-state index in [-0.39, 0.29) is 0 Å². The lowest BCUT2D eigenvalue weighted by Gasteiger charge is -2.20. The molecule has 2 heterocycles. The molecule has 0 aromatic carbocycles. The summed E-state index contributed by atoms with van der Waals surface area (Å²) in [5.74, 6) is 1.43. The Hall–Kier alpha value is -0.870. The third kappa shape index (κ3) is 4.10. The van der Waals surface area contributed by atoms with E-state index in [1.54, 1.807) is 0 Å². The van der Waals surface area contributed by atoms with Crippen LogP contribution in [0.4, 0.5) is 5.82 Å². The number of likely N-dealkylation sites (tertiary alicyclic amines) is 1. The molecule has 1 aromatic heterocycles. The SMILES string of the molecule is Cc1cc(NCC(C)CN2CCCC2)nc(Cl)n1. The van der Waals surface area contributed by atoms with Gasteiger partial charge in [0.2, 0.25) is 5.28 Å². The molecule has 1 N–H and O–H groups in total. The fourth-order valence-corrected chi connectivity index (χ4v) is 2.60. The summed E-state index contributed by atoms with van der Waals surface area (Å²) in [6, 6.07) is 1.93. The maximum atomic E-state index is 5.83. The van der Waals surface area contributed by atoms with Crippen LogP contribution >= 0.6 is 11.6 Å². The Morgan fingerprint density at radius 1 is 1.39 bits per heavy atom. The number of anilines is 1. The summed E-state index contributed by atoms with van der Waals surface area (Å²) in [5, 5.41) is 3.65. The summed E-state index contributed by atoms with van der Waals surface area (Å²) in [4.78, 5) is 10.8. The lowest BCUT2D eigenvalue weighted by Crippen LogP contribution is -2.29. The van der Waals surface area contributed by atoms with Crippen molar-refractivity contribution in [1.82, 2.24) is 14.9 Å². The van der Waals surface area contributed by atoms with Crippen molar-refractivity contribution in [2.24, 2.45) is 5.92 Å². The molecule has 1 atom stereocenters. The molecule has 1 aliphatic rings. The second-order valence-electron chi connectivity index (χ2n) is 5.16. The summed E-state index contributed by atoms with van der Waals surface area (Å²) in [7, 11) is 0. The van der Waals surface area contributed by atoms with Crippen molar-refractivity contribution < 1.29 is 0 Å². The van der Waals surface area contributed by atoms with Crippen molar-refractivity contribution in [1.29, 1.82) is 0 Å². The number of aryl methyl sites for hydroxylation is 1. The van der Waals surface area contributed by atoms with E-state index >= 15 is 0 Å². The van der Waals surface area contributed by atoms with E-state index in [2.05, 4.69) is 27.1 Å². The average Bonchev–Trinajstić information content (AvgIpc) is 2.78. The Labute approximate surface area is 114 Å². The first-order chi connectivity index (χ1) is 8.63. The molecule has 1 unspecified atom stereocenters. The number of nitrogens with zero attached hydrogens (tertiary/aromatic N) is 3. The van der Waals surface area contributed by atoms with E-state index in [0.717, 1.165) is 24.6 Å². The van der Waals surface area contributed by atoms with E-state index < -0.39 is 0 Å². The summed E-state index contributed by atoms with van der Waals surface area (Å²) in [6.07, 6.45) is 2.70. The maximum Gasteiger partial charge on any atom is 0.224 e. The molecule has 2 rings (SSSR count). The molecular formula is C13H21ClN4. The van der Waals surface area contributed by atoms with Crippen molar-refractivity contribution in [2.75, 3.05) is 31.5 Å². The van der Waals surface area contributed by atoms with Crippen molar-refractivity contribution >= 4 is 17.4 Å². The topological polar surface area (TPSA) is 41.0 Å². The zero-order valence-electron chi connectivity index (χ0n) is 11.1. The van der Waals surface area contributed by atoms with Crippen LogP contribution < -0.4 is 5.32 Å². The van der Waals surface area contributed by atoms with Crippen LogP contribution in [0.2, 0.25) is 5.28 Å². The Morgan fingerprint density at radius 3 is 2.78 bits per heavy atom. The van der Waals surface area contributed by atoms with Gasteiger partial charge in [-0.1, -0.05) is 6.92 Å². The third-order valence-electron chi connectivity index (χ3n) is 3.23. The van der Waals surface area contributed by atoms with Gasteiger partial charge in [0.15, 0.2) is 0 Å². The van der Waals surface area contributed by atoms with Gasteiger partial charge in [0.25, 0.3) is 0 Å². The highest BCUT2D eigenvalue weighted by Crippen LogP contribution is 2.13. The molecule has 1 saturated heterocycles. The second kappa shape index (κ2) is 6.34. The summed E-state index contributed by atoms with van der Waals surface area (Å²) >= 11 is 5.83. The Balaban J connectivity index is 1.79. The zero-order chi connectivity index (χ0) is 13.0. The fourth-order valence-electron chi connectivity index (χ4n) is 2.37. The van der Waals surface area contributed by atoms with Gasteiger partial charge in [-0.3, -0.25) is 0 Å². The van der Waals surface area contributed by atoms with Crippen LogP contribution in [0.1, 0.15) is 25.5 Å². The van der Waals surface area contributed by atoms with Gasteiger partial charge in [-0.2, -0.15) is 0 Å². The van der Waals surface area contributed by atoms with Crippen molar-refractivity contribution in [3.05, 3.63) is 17.0 Å². The highest BCUT2D eigenvalue weighted by molar-refractivity contribution is 6.28. The minimum Gasteiger partial charge on any atom is -0.370 e. The number of halogens is 1. The van der Waals surface area contributed by atoms with Crippen LogP contribution in [0.15, 0.2) is 6.07 Å². The highest BCUT2D eigenvalue weighted by Gasteiger charge is 2.14. The van der Waals surface area contributed by atoms with Crippen LogP contribution in [-0.4, -0.2) is 41.0 Å². The van der Waals surface area contributed by atoms with Gasteiger partial charge in [0, 0.05) is 24.8 Å². The van der Waals surface area contributed by atoms with E-state index in [0.29, 0.717) is 11.2 Å². The first-order valence-corrected chi connectivity index (χ1v) is 6.98. The van der Waals surface area contributed by atoms with Crippen molar-refractivity contribution in [2.45, 2.75) is 26.7 Å². The predicted octanol–water partition coefficient (Wildman–Crippen LogP) is 2.58. The minimum absolute atomic E-state index is 0.310. The van der Waals surface area contributed by atoms with Gasteiger partial charge in [-0.15, -0.1) is 0 Å². The van der Waals surface area contributed by atoms with Gasteiger partial charge in [0.1, 0.15) is 5.82 Å². The number of nitrogens with one attached hydrogen (secondary N) is 1. The molecule has 1 aliphatic heterocycles. The summed E-state index contributed by atoms with van der Waals surface area (Å²) < 4.78 is 0. The molecule has 100 valence electrons. The monoisotopic (exact) mass is 268 g/mol. The molecule has 1 aromatic rings.